The van der Waals surface area contributed by atoms with Gasteiger partial charge in [-0.15, -0.1) is 0 Å². The highest BCUT2D eigenvalue weighted by Gasteiger charge is 2.29. The van der Waals surface area contributed by atoms with E-state index in [1.54, 1.807) is 10.7 Å². The first-order valence-electron chi connectivity index (χ1n) is 9.99. The van der Waals surface area contributed by atoms with Gasteiger partial charge in [0.25, 0.3) is 5.91 Å². The number of fused-ring (bicyclic) bond motifs is 2. The van der Waals surface area contributed by atoms with Crippen LogP contribution in [0.15, 0.2) is 42.9 Å². The highest BCUT2D eigenvalue weighted by Crippen LogP contribution is 2.26. The van der Waals surface area contributed by atoms with Gasteiger partial charge < -0.3 is 4.90 Å². The molecule has 2 aromatic heterocycles. The van der Waals surface area contributed by atoms with Crippen molar-refractivity contribution in [1.29, 1.82) is 0 Å². The molecule has 28 heavy (non-hydrogen) atoms. The Kier molecular flexibility index (Phi) is 5.13. The monoisotopic (exact) mass is 377 g/mol. The molecule has 1 aliphatic rings. The van der Waals surface area contributed by atoms with E-state index in [1.165, 1.54) is 11.1 Å². The van der Waals surface area contributed by atoms with E-state index in [-0.39, 0.29) is 11.9 Å². The van der Waals surface area contributed by atoms with Crippen LogP contribution in [0.2, 0.25) is 0 Å². The molecule has 0 bridgehead atoms. The van der Waals surface area contributed by atoms with Crippen molar-refractivity contribution < 1.29 is 4.79 Å². The van der Waals surface area contributed by atoms with Gasteiger partial charge in [-0.3, -0.25) is 9.69 Å². The lowest BCUT2D eigenvalue weighted by molar-refractivity contribution is 0.0739. The quantitative estimate of drug-likeness (QED) is 0.663. The SMILES string of the molecule is CCN(CC)Cc1cnc2c(C(=O)N(C)C3Cc4ccccc4C3)cnn2c1. The summed E-state index contributed by atoms with van der Waals surface area (Å²) in [6, 6.07) is 8.62. The normalized spacial score (nSPS) is 14.0. The number of carbonyl (C=O) groups excluding carboxylic acids is 1. The molecule has 0 aliphatic heterocycles. The molecule has 2 heterocycles. The Morgan fingerprint density at radius 1 is 1.14 bits per heavy atom. The van der Waals surface area contributed by atoms with Crippen molar-refractivity contribution >= 4 is 11.6 Å². The lowest BCUT2D eigenvalue weighted by atomic mass is 10.1. The van der Waals surface area contributed by atoms with Gasteiger partial charge in [0.05, 0.1) is 6.20 Å². The minimum Gasteiger partial charge on any atom is -0.338 e. The molecule has 0 radical (unpaired) electrons. The van der Waals surface area contributed by atoms with Crippen LogP contribution >= 0.6 is 0 Å². The number of rotatable bonds is 6. The van der Waals surface area contributed by atoms with Gasteiger partial charge in [-0.2, -0.15) is 5.10 Å². The second-order valence-electron chi connectivity index (χ2n) is 7.50. The van der Waals surface area contributed by atoms with E-state index in [2.05, 4.69) is 53.1 Å². The highest BCUT2D eigenvalue weighted by molar-refractivity contribution is 5.99. The van der Waals surface area contributed by atoms with E-state index in [1.807, 2.05) is 24.3 Å². The van der Waals surface area contributed by atoms with Gasteiger partial charge in [0.2, 0.25) is 0 Å². The van der Waals surface area contributed by atoms with Crippen LogP contribution in [0, 0.1) is 0 Å². The van der Waals surface area contributed by atoms with Gasteiger partial charge in [0.15, 0.2) is 5.65 Å². The Bertz CT molecular complexity index is 967. The third kappa shape index (κ3) is 3.40. The molecule has 0 fully saturated rings. The largest absolute Gasteiger partial charge is 0.338 e. The van der Waals surface area contributed by atoms with Crippen LogP contribution in [0.5, 0.6) is 0 Å². The molecule has 0 atom stereocenters. The molecule has 0 unspecified atom stereocenters. The van der Waals surface area contributed by atoms with Gasteiger partial charge in [0, 0.05) is 37.6 Å². The number of aromatic nitrogens is 3. The van der Waals surface area contributed by atoms with Crippen molar-refractivity contribution in [2.45, 2.75) is 39.3 Å². The molecule has 0 saturated heterocycles. The molecule has 1 aliphatic carbocycles. The Morgan fingerprint density at radius 3 is 2.46 bits per heavy atom. The van der Waals surface area contributed by atoms with Gasteiger partial charge in [-0.1, -0.05) is 38.1 Å². The smallest absolute Gasteiger partial charge is 0.259 e. The molecule has 3 aromatic rings. The predicted molar refractivity (Wildman–Crippen MR) is 109 cm³/mol. The number of nitrogens with zero attached hydrogens (tertiary/aromatic N) is 5. The Morgan fingerprint density at radius 2 is 1.82 bits per heavy atom. The summed E-state index contributed by atoms with van der Waals surface area (Å²) >= 11 is 0. The summed E-state index contributed by atoms with van der Waals surface area (Å²) in [6.07, 6.45) is 7.28. The molecule has 4 rings (SSSR count). The Hall–Kier alpha value is -2.73. The molecule has 6 heteroatoms. The average Bonchev–Trinajstić information content (AvgIpc) is 3.34. The number of benzene rings is 1. The highest BCUT2D eigenvalue weighted by atomic mass is 16.2. The van der Waals surface area contributed by atoms with E-state index in [4.69, 9.17) is 0 Å². The fraction of sp³-hybridized carbons (Fsp3) is 0.409. The number of likely N-dealkylation sites (N-methyl/N-ethyl adjacent to an activating group) is 1. The van der Waals surface area contributed by atoms with Crippen molar-refractivity contribution in [3.8, 4) is 0 Å². The van der Waals surface area contributed by atoms with Gasteiger partial charge >= 0.3 is 0 Å². The van der Waals surface area contributed by atoms with Crippen LogP contribution in [0.1, 0.15) is 40.9 Å². The lowest BCUT2D eigenvalue weighted by Gasteiger charge is -2.24. The first-order chi connectivity index (χ1) is 13.6. The minimum atomic E-state index is -0.0169. The maximum Gasteiger partial charge on any atom is 0.259 e. The Balaban J connectivity index is 1.53. The van der Waals surface area contributed by atoms with Crippen molar-refractivity contribution in [3.63, 3.8) is 0 Å². The lowest BCUT2D eigenvalue weighted by Crippen LogP contribution is -2.37. The fourth-order valence-electron chi connectivity index (χ4n) is 4.02. The van der Waals surface area contributed by atoms with Crippen LogP contribution in [-0.2, 0) is 19.4 Å². The van der Waals surface area contributed by atoms with Crippen LogP contribution < -0.4 is 0 Å². The van der Waals surface area contributed by atoms with Gasteiger partial charge in [-0.25, -0.2) is 9.50 Å². The molecule has 0 spiro atoms. The van der Waals surface area contributed by atoms with E-state index in [0.717, 1.165) is 38.0 Å². The maximum absolute atomic E-state index is 13.1. The van der Waals surface area contributed by atoms with E-state index >= 15 is 0 Å². The van der Waals surface area contributed by atoms with Crippen LogP contribution in [-0.4, -0.2) is 56.5 Å². The van der Waals surface area contributed by atoms with Crippen molar-refractivity contribution in [1.82, 2.24) is 24.4 Å². The van der Waals surface area contributed by atoms with E-state index in [9.17, 15) is 4.79 Å². The summed E-state index contributed by atoms with van der Waals surface area (Å²) < 4.78 is 1.73. The molecule has 1 aromatic carbocycles. The standard InChI is InChI=1S/C22H27N5O/c1-4-26(5-2)14-16-12-23-21-20(13-24-27(21)15-16)22(28)25(3)19-10-17-8-6-7-9-18(17)11-19/h6-9,12-13,15,19H,4-5,10-11,14H2,1-3H3. The van der Waals surface area contributed by atoms with E-state index < -0.39 is 0 Å². The van der Waals surface area contributed by atoms with Crippen molar-refractivity contribution in [3.05, 3.63) is 65.1 Å². The zero-order valence-electron chi connectivity index (χ0n) is 16.8. The summed E-state index contributed by atoms with van der Waals surface area (Å²) in [5, 5.41) is 4.40. The van der Waals surface area contributed by atoms with Crippen molar-refractivity contribution in [2.75, 3.05) is 20.1 Å². The fourth-order valence-corrected chi connectivity index (χ4v) is 4.02. The first-order valence-corrected chi connectivity index (χ1v) is 9.99. The third-order valence-electron chi connectivity index (χ3n) is 5.84. The summed E-state index contributed by atoms with van der Waals surface area (Å²) in [4.78, 5) is 21.9. The zero-order valence-corrected chi connectivity index (χ0v) is 16.8. The second kappa shape index (κ2) is 7.72. The molecule has 0 saturated carbocycles. The van der Waals surface area contributed by atoms with Crippen LogP contribution in [0.25, 0.3) is 5.65 Å². The number of carbonyl (C=O) groups is 1. The minimum absolute atomic E-state index is 0.0169. The first kappa shape index (κ1) is 18.6. The van der Waals surface area contributed by atoms with E-state index in [0.29, 0.717) is 11.2 Å². The van der Waals surface area contributed by atoms with Crippen LogP contribution in [0.3, 0.4) is 0 Å². The van der Waals surface area contributed by atoms with Gasteiger partial charge in [-0.05, 0) is 37.1 Å². The summed E-state index contributed by atoms with van der Waals surface area (Å²) in [7, 11) is 1.89. The number of amides is 1. The zero-order chi connectivity index (χ0) is 19.7. The number of hydrogen-bond acceptors (Lipinski definition) is 4. The maximum atomic E-state index is 13.1. The average molecular weight is 377 g/mol. The predicted octanol–water partition coefficient (Wildman–Crippen LogP) is 2.81. The molecule has 6 nitrogen and oxygen atoms in total. The third-order valence-corrected chi connectivity index (χ3v) is 5.84. The summed E-state index contributed by atoms with van der Waals surface area (Å²) in [6.45, 7) is 7.12. The van der Waals surface area contributed by atoms with Gasteiger partial charge in [0.1, 0.15) is 5.56 Å². The topological polar surface area (TPSA) is 53.7 Å². The molecule has 146 valence electrons. The van der Waals surface area contributed by atoms with Crippen molar-refractivity contribution in [2.24, 2.45) is 0 Å². The van der Waals surface area contributed by atoms with Crippen LogP contribution in [0.4, 0.5) is 0 Å². The molecule has 0 N–H and O–H groups in total. The molecular formula is C22H27N5O. The number of hydrogen-bond donors (Lipinski definition) is 0. The Labute approximate surface area is 165 Å². The second-order valence-corrected chi connectivity index (χ2v) is 7.50. The summed E-state index contributed by atoms with van der Waals surface area (Å²) in [5.74, 6) is -0.0169. The molecule has 1 amide bonds. The molecular weight excluding hydrogens is 350 g/mol. The summed E-state index contributed by atoms with van der Waals surface area (Å²) in [5.41, 5.74) is 4.96.